The molecule has 0 atom stereocenters. The zero-order chi connectivity index (χ0) is 14.2. The summed E-state index contributed by atoms with van der Waals surface area (Å²) in [6.07, 6.45) is 0. The van der Waals surface area contributed by atoms with Crippen molar-refractivity contribution >= 4 is 21.7 Å². The molecule has 0 radical (unpaired) electrons. The lowest BCUT2D eigenvalue weighted by Gasteiger charge is -2.05. The topological polar surface area (TPSA) is 125 Å². The van der Waals surface area contributed by atoms with E-state index in [0.717, 1.165) is 12.1 Å². The monoisotopic (exact) mass is 285 g/mol. The van der Waals surface area contributed by atoms with Gasteiger partial charge in [0, 0.05) is 0 Å². The highest BCUT2D eigenvalue weighted by atomic mass is 32.2. The van der Waals surface area contributed by atoms with Gasteiger partial charge in [0.15, 0.2) is 0 Å². The molecule has 0 fully saturated rings. The highest BCUT2D eigenvalue weighted by Crippen LogP contribution is 2.22. The van der Waals surface area contributed by atoms with Crippen LogP contribution in [0.2, 0.25) is 0 Å². The molecule has 0 spiro atoms. The van der Waals surface area contributed by atoms with Gasteiger partial charge in [-0.15, -0.1) is 0 Å². The number of aromatic carboxylic acids is 1. The van der Waals surface area contributed by atoms with Gasteiger partial charge in [-0.25, -0.2) is 4.79 Å². The summed E-state index contributed by atoms with van der Waals surface area (Å²) in [5.74, 6) is -1.78. The first kappa shape index (κ1) is 13.1. The molecule has 0 aliphatic heterocycles. The van der Waals surface area contributed by atoms with Crippen molar-refractivity contribution in [2.45, 2.75) is 18.9 Å². The number of nitrogens with one attached hydrogen (secondary N) is 2. The zero-order valence-corrected chi connectivity index (χ0v) is 10.9. The fraction of sp³-hybridized carbons (Fsp3) is 0.200. The zero-order valence-electron chi connectivity index (χ0n) is 10.1. The molecule has 102 valence electrons. The Hall–Kier alpha value is -2.29. The summed E-state index contributed by atoms with van der Waals surface area (Å²) in [7, 11) is -3.98. The first-order chi connectivity index (χ1) is 8.81. The van der Waals surface area contributed by atoms with E-state index in [1.54, 1.807) is 13.8 Å². The van der Waals surface area contributed by atoms with Gasteiger partial charge in [-0.2, -0.15) is 13.5 Å². The fourth-order valence-electron chi connectivity index (χ4n) is 1.47. The van der Waals surface area contributed by atoms with Gasteiger partial charge in [-0.3, -0.25) is 9.82 Å². The third-order valence-electron chi connectivity index (χ3n) is 2.42. The predicted octanol–water partition coefficient (Wildman–Crippen LogP) is 1.12. The largest absolute Gasteiger partial charge is 0.475 e. The molecule has 0 saturated heterocycles. The van der Waals surface area contributed by atoms with Crippen molar-refractivity contribution in [1.82, 2.24) is 10.2 Å². The van der Waals surface area contributed by atoms with E-state index in [1.165, 1.54) is 0 Å². The number of aromatic nitrogens is 2. The van der Waals surface area contributed by atoms with Crippen LogP contribution in [-0.4, -0.2) is 29.7 Å². The molecular weight excluding hydrogens is 274 g/mol. The fourth-order valence-corrected chi connectivity index (χ4v) is 2.58. The van der Waals surface area contributed by atoms with Crippen molar-refractivity contribution in [3.8, 4) is 0 Å². The molecule has 0 aliphatic carbocycles. The molecule has 0 bridgehead atoms. The number of H-pyrrole nitrogens is 1. The number of furan rings is 1. The Morgan fingerprint density at radius 2 is 2.11 bits per heavy atom. The lowest BCUT2D eigenvalue weighted by atomic mass is 10.3. The molecule has 9 heteroatoms. The van der Waals surface area contributed by atoms with Gasteiger partial charge in [0.2, 0.25) is 10.9 Å². The number of rotatable bonds is 4. The van der Waals surface area contributed by atoms with E-state index in [-0.39, 0.29) is 0 Å². The SMILES string of the molecule is Cc1n[nH]c(C)c1NS(=O)(=O)c1ccc(C(=O)O)o1. The lowest BCUT2D eigenvalue weighted by molar-refractivity contribution is 0.0656. The number of carboxylic acid groups (broad SMARTS) is 1. The average Bonchev–Trinajstić information content (AvgIpc) is 2.92. The van der Waals surface area contributed by atoms with Crippen molar-refractivity contribution in [3.63, 3.8) is 0 Å². The quantitative estimate of drug-likeness (QED) is 0.772. The van der Waals surface area contributed by atoms with E-state index in [0.29, 0.717) is 17.1 Å². The average molecular weight is 285 g/mol. The number of aryl methyl sites for hydroxylation is 2. The van der Waals surface area contributed by atoms with E-state index >= 15 is 0 Å². The van der Waals surface area contributed by atoms with Crippen LogP contribution < -0.4 is 4.72 Å². The summed E-state index contributed by atoms with van der Waals surface area (Å²) in [6, 6.07) is 2.16. The van der Waals surface area contributed by atoms with E-state index in [1.807, 2.05) is 0 Å². The summed E-state index contributed by atoms with van der Waals surface area (Å²) in [4.78, 5) is 10.6. The minimum absolute atomic E-state index is 0.313. The van der Waals surface area contributed by atoms with Crippen LogP contribution in [0.5, 0.6) is 0 Å². The first-order valence-electron chi connectivity index (χ1n) is 5.19. The van der Waals surface area contributed by atoms with E-state index in [9.17, 15) is 13.2 Å². The smallest absolute Gasteiger partial charge is 0.371 e. The Morgan fingerprint density at radius 3 is 2.58 bits per heavy atom. The maximum Gasteiger partial charge on any atom is 0.371 e. The number of hydrogen-bond acceptors (Lipinski definition) is 5. The van der Waals surface area contributed by atoms with Gasteiger partial charge >= 0.3 is 5.97 Å². The number of anilines is 1. The number of aromatic amines is 1. The second-order valence-electron chi connectivity index (χ2n) is 3.84. The van der Waals surface area contributed by atoms with Gasteiger partial charge in [0.25, 0.3) is 10.0 Å². The molecule has 2 aromatic rings. The van der Waals surface area contributed by atoms with Gasteiger partial charge in [-0.1, -0.05) is 0 Å². The third kappa shape index (κ3) is 2.45. The molecule has 2 rings (SSSR count). The van der Waals surface area contributed by atoms with Gasteiger partial charge < -0.3 is 9.52 Å². The molecular formula is C10H11N3O5S. The molecule has 2 heterocycles. The Bertz CT molecular complexity index is 709. The highest BCUT2D eigenvalue weighted by Gasteiger charge is 2.23. The number of hydrogen-bond donors (Lipinski definition) is 3. The van der Waals surface area contributed by atoms with Gasteiger partial charge in [-0.05, 0) is 26.0 Å². The molecule has 3 N–H and O–H groups in total. The van der Waals surface area contributed by atoms with Crippen molar-refractivity contribution in [1.29, 1.82) is 0 Å². The number of carboxylic acids is 1. The molecule has 0 unspecified atom stereocenters. The molecule has 0 aliphatic rings. The third-order valence-corrected chi connectivity index (χ3v) is 3.64. The van der Waals surface area contributed by atoms with E-state index in [2.05, 4.69) is 14.9 Å². The normalized spacial score (nSPS) is 11.5. The van der Waals surface area contributed by atoms with Crippen LogP contribution in [0.1, 0.15) is 21.9 Å². The molecule has 0 amide bonds. The van der Waals surface area contributed by atoms with E-state index in [4.69, 9.17) is 9.52 Å². The lowest BCUT2D eigenvalue weighted by Crippen LogP contribution is -2.13. The van der Waals surface area contributed by atoms with Crippen LogP contribution >= 0.6 is 0 Å². The van der Waals surface area contributed by atoms with Crippen molar-refractivity contribution in [2.75, 3.05) is 4.72 Å². The molecule has 0 aromatic carbocycles. The Labute approximate surface area is 108 Å². The summed E-state index contributed by atoms with van der Waals surface area (Å²) in [6.45, 7) is 3.29. The highest BCUT2D eigenvalue weighted by molar-refractivity contribution is 7.92. The van der Waals surface area contributed by atoms with Crippen molar-refractivity contribution in [2.24, 2.45) is 0 Å². The van der Waals surface area contributed by atoms with Gasteiger partial charge in [0.05, 0.1) is 17.1 Å². The number of nitrogens with zero attached hydrogens (tertiary/aromatic N) is 1. The van der Waals surface area contributed by atoms with Crippen LogP contribution in [0.3, 0.4) is 0 Å². The minimum atomic E-state index is -3.98. The number of sulfonamides is 1. The summed E-state index contributed by atoms with van der Waals surface area (Å²) < 4.78 is 31.1. The molecule has 19 heavy (non-hydrogen) atoms. The second-order valence-corrected chi connectivity index (χ2v) is 5.45. The van der Waals surface area contributed by atoms with Crippen LogP contribution in [0.25, 0.3) is 0 Å². The van der Waals surface area contributed by atoms with E-state index < -0.39 is 26.8 Å². The summed E-state index contributed by atoms with van der Waals surface area (Å²) in [5.41, 5.74) is 1.34. The molecule has 8 nitrogen and oxygen atoms in total. The Balaban J connectivity index is 2.35. The van der Waals surface area contributed by atoms with Crippen LogP contribution in [0.4, 0.5) is 5.69 Å². The maximum absolute atomic E-state index is 12.0. The van der Waals surface area contributed by atoms with Crippen molar-refractivity contribution < 1.29 is 22.7 Å². The molecule has 2 aromatic heterocycles. The number of carbonyl (C=O) groups is 1. The van der Waals surface area contributed by atoms with Gasteiger partial charge in [0.1, 0.15) is 0 Å². The second kappa shape index (κ2) is 4.43. The summed E-state index contributed by atoms with van der Waals surface area (Å²) in [5, 5.41) is 14.7. The Morgan fingerprint density at radius 1 is 1.42 bits per heavy atom. The Kier molecular flexibility index (Phi) is 3.06. The predicted molar refractivity (Wildman–Crippen MR) is 64.5 cm³/mol. The standard InChI is InChI=1S/C10H11N3O5S/c1-5-9(6(2)12-11-5)13-19(16,17)8-4-3-7(18-8)10(14)15/h3-4,13H,1-2H3,(H,11,12)(H,14,15). The summed E-state index contributed by atoms with van der Waals surface area (Å²) >= 11 is 0. The first-order valence-corrected chi connectivity index (χ1v) is 6.67. The van der Waals surface area contributed by atoms with Crippen LogP contribution in [0.15, 0.2) is 21.6 Å². The minimum Gasteiger partial charge on any atom is -0.475 e. The van der Waals surface area contributed by atoms with Crippen molar-refractivity contribution in [3.05, 3.63) is 29.3 Å². The maximum atomic E-state index is 12.0. The van der Waals surface area contributed by atoms with Crippen LogP contribution in [-0.2, 0) is 10.0 Å². The van der Waals surface area contributed by atoms with Crippen LogP contribution in [0, 0.1) is 13.8 Å². The molecule has 0 saturated carbocycles.